The van der Waals surface area contributed by atoms with Gasteiger partial charge in [-0.1, -0.05) is 36.4 Å². The lowest BCUT2D eigenvalue weighted by atomic mass is 10.1. The Hall–Kier alpha value is -2.26. The lowest BCUT2D eigenvalue weighted by molar-refractivity contribution is 0.271. The molecule has 0 radical (unpaired) electrons. The first-order valence-corrected chi connectivity index (χ1v) is 6.67. The zero-order valence-electron chi connectivity index (χ0n) is 11.4. The molecule has 0 spiro atoms. The quantitative estimate of drug-likeness (QED) is 0.782. The van der Waals surface area contributed by atoms with E-state index in [-0.39, 0.29) is 0 Å². The van der Waals surface area contributed by atoms with Gasteiger partial charge >= 0.3 is 0 Å². The molecule has 0 fully saturated rings. The summed E-state index contributed by atoms with van der Waals surface area (Å²) in [4.78, 5) is 0. The molecule has 0 unspecified atom stereocenters. The fourth-order valence-electron chi connectivity index (χ4n) is 2.35. The number of hydrogen-bond donors (Lipinski definition) is 1. The molecule has 0 saturated carbocycles. The van der Waals surface area contributed by atoms with Crippen LogP contribution in [0.1, 0.15) is 16.9 Å². The molecular formula is C17H17NO2. The van der Waals surface area contributed by atoms with Crippen LogP contribution in [0.2, 0.25) is 0 Å². The maximum atomic E-state index is 5.85. The molecule has 0 aliphatic rings. The van der Waals surface area contributed by atoms with E-state index in [1.807, 2.05) is 55.5 Å². The predicted molar refractivity (Wildman–Crippen MR) is 79.6 cm³/mol. The highest BCUT2D eigenvalue weighted by atomic mass is 16.5. The highest BCUT2D eigenvalue weighted by molar-refractivity contribution is 5.82. The van der Waals surface area contributed by atoms with Crippen LogP contribution in [-0.4, -0.2) is 0 Å². The monoisotopic (exact) mass is 267 g/mol. The Labute approximate surface area is 118 Å². The van der Waals surface area contributed by atoms with E-state index in [1.54, 1.807) is 0 Å². The highest BCUT2D eigenvalue weighted by Gasteiger charge is 2.13. The Morgan fingerprint density at radius 3 is 2.60 bits per heavy atom. The van der Waals surface area contributed by atoms with Crippen LogP contribution >= 0.6 is 0 Å². The predicted octanol–water partition coefficient (Wildman–Crippen LogP) is 3.78. The molecule has 0 aliphatic heterocycles. The van der Waals surface area contributed by atoms with Crippen molar-refractivity contribution >= 4 is 11.0 Å². The van der Waals surface area contributed by atoms with E-state index >= 15 is 0 Å². The van der Waals surface area contributed by atoms with Crippen LogP contribution in [0.5, 0.6) is 5.75 Å². The molecule has 2 aromatic carbocycles. The summed E-state index contributed by atoms with van der Waals surface area (Å²) in [6.45, 7) is 2.87. The van der Waals surface area contributed by atoms with Gasteiger partial charge in [-0.15, -0.1) is 0 Å². The van der Waals surface area contributed by atoms with Gasteiger partial charge in [-0.2, -0.15) is 0 Å². The maximum Gasteiger partial charge on any atom is 0.147 e. The van der Waals surface area contributed by atoms with E-state index in [0.717, 1.165) is 33.6 Å². The third kappa shape index (κ3) is 2.28. The Balaban J connectivity index is 1.89. The summed E-state index contributed by atoms with van der Waals surface area (Å²) in [6.07, 6.45) is 0. The second-order valence-electron chi connectivity index (χ2n) is 4.76. The summed E-state index contributed by atoms with van der Waals surface area (Å²) in [5, 5.41) is 1.07. The molecule has 3 nitrogen and oxygen atoms in total. The number of fused-ring (bicyclic) bond motifs is 1. The van der Waals surface area contributed by atoms with Crippen LogP contribution in [0.3, 0.4) is 0 Å². The molecule has 3 heteroatoms. The third-order valence-corrected chi connectivity index (χ3v) is 3.44. The summed E-state index contributed by atoms with van der Waals surface area (Å²) in [6, 6.07) is 15.9. The molecule has 1 aromatic heterocycles. The smallest absolute Gasteiger partial charge is 0.147 e. The first kappa shape index (κ1) is 12.8. The maximum absolute atomic E-state index is 5.85. The van der Waals surface area contributed by atoms with Gasteiger partial charge in [0.15, 0.2) is 0 Å². The van der Waals surface area contributed by atoms with Gasteiger partial charge < -0.3 is 14.9 Å². The first-order chi connectivity index (χ1) is 9.79. The first-order valence-electron chi connectivity index (χ1n) is 6.67. The summed E-state index contributed by atoms with van der Waals surface area (Å²) in [5.41, 5.74) is 8.83. The number of nitrogens with two attached hydrogens (primary N) is 1. The third-order valence-electron chi connectivity index (χ3n) is 3.44. The molecule has 2 N–H and O–H groups in total. The van der Waals surface area contributed by atoms with Crippen molar-refractivity contribution in [3.8, 4) is 5.75 Å². The van der Waals surface area contributed by atoms with Crippen LogP contribution in [0.15, 0.2) is 52.9 Å². The molecule has 0 amide bonds. The fraction of sp³-hybridized carbons (Fsp3) is 0.176. The van der Waals surface area contributed by atoms with Gasteiger partial charge in [-0.25, -0.2) is 0 Å². The number of para-hydroxylation sites is 2. The molecule has 0 atom stereocenters. The van der Waals surface area contributed by atoms with Gasteiger partial charge in [-0.3, -0.25) is 0 Å². The molecule has 0 saturated heterocycles. The minimum Gasteiger partial charge on any atom is -0.485 e. The molecule has 3 rings (SSSR count). The topological polar surface area (TPSA) is 48.4 Å². The van der Waals surface area contributed by atoms with E-state index in [1.165, 1.54) is 0 Å². The zero-order valence-corrected chi connectivity index (χ0v) is 11.4. The number of ether oxygens (including phenoxy) is 1. The van der Waals surface area contributed by atoms with E-state index in [0.29, 0.717) is 13.2 Å². The minimum absolute atomic E-state index is 0.395. The molecule has 1 heterocycles. The minimum atomic E-state index is 0.395. The lowest BCUT2D eigenvalue weighted by Gasteiger charge is -2.08. The van der Waals surface area contributed by atoms with Crippen molar-refractivity contribution in [2.45, 2.75) is 20.1 Å². The second kappa shape index (κ2) is 5.39. The SMILES string of the molecule is Cc1ccccc1OCc1oc2ccccc2c1CN. The number of rotatable bonds is 4. The van der Waals surface area contributed by atoms with Crippen LogP contribution in [-0.2, 0) is 13.2 Å². The van der Waals surface area contributed by atoms with Crippen molar-refractivity contribution in [3.05, 3.63) is 65.4 Å². The van der Waals surface area contributed by atoms with E-state index in [2.05, 4.69) is 0 Å². The summed E-state index contributed by atoms with van der Waals surface area (Å²) in [7, 11) is 0. The Bertz CT molecular complexity index is 731. The summed E-state index contributed by atoms with van der Waals surface area (Å²) < 4.78 is 11.7. The Morgan fingerprint density at radius 1 is 1.05 bits per heavy atom. The van der Waals surface area contributed by atoms with Crippen molar-refractivity contribution < 1.29 is 9.15 Å². The van der Waals surface area contributed by atoms with Gasteiger partial charge in [0.05, 0.1) is 0 Å². The Morgan fingerprint density at radius 2 is 1.80 bits per heavy atom. The molecule has 0 aliphatic carbocycles. The standard InChI is InChI=1S/C17H17NO2/c1-12-6-2-4-8-15(12)19-11-17-14(10-18)13-7-3-5-9-16(13)20-17/h2-9H,10-11,18H2,1H3. The number of aryl methyl sites for hydroxylation is 1. The van der Waals surface area contributed by atoms with E-state index in [4.69, 9.17) is 14.9 Å². The number of furan rings is 1. The average Bonchev–Trinajstić information content (AvgIpc) is 2.84. The molecular weight excluding hydrogens is 250 g/mol. The van der Waals surface area contributed by atoms with Gasteiger partial charge in [0.2, 0.25) is 0 Å². The molecule has 20 heavy (non-hydrogen) atoms. The van der Waals surface area contributed by atoms with Crippen LogP contribution in [0, 0.1) is 6.92 Å². The van der Waals surface area contributed by atoms with Gasteiger partial charge in [0, 0.05) is 17.5 Å². The number of hydrogen-bond acceptors (Lipinski definition) is 3. The lowest BCUT2D eigenvalue weighted by Crippen LogP contribution is -2.02. The van der Waals surface area contributed by atoms with Crippen molar-refractivity contribution in [3.63, 3.8) is 0 Å². The Kier molecular flexibility index (Phi) is 3.44. The zero-order chi connectivity index (χ0) is 13.9. The summed E-state index contributed by atoms with van der Waals surface area (Å²) >= 11 is 0. The average molecular weight is 267 g/mol. The molecule has 3 aromatic rings. The van der Waals surface area contributed by atoms with Crippen molar-refractivity contribution in [1.82, 2.24) is 0 Å². The van der Waals surface area contributed by atoms with Crippen molar-refractivity contribution in [2.75, 3.05) is 0 Å². The van der Waals surface area contributed by atoms with Gasteiger partial charge in [0.1, 0.15) is 23.7 Å². The molecule has 102 valence electrons. The largest absolute Gasteiger partial charge is 0.485 e. The molecule has 0 bridgehead atoms. The van der Waals surface area contributed by atoms with Crippen LogP contribution < -0.4 is 10.5 Å². The van der Waals surface area contributed by atoms with E-state index in [9.17, 15) is 0 Å². The van der Waals surface area contributed by atoms with Crippen LogP contribution in [0.25, 0.3) is 11.0 Å². The summed E-state index contributed by atoms with van der Waals surface area (Å²) in [5.74, 6) is 1.67. The second-order valence-corrected chi connectivity index (χ2v) is 4.76. The van der Waals surface area contributed by atoms with Crippen molar-refractivity contribution in [1.29, 1.82) is 0 Å². The number of benzene rings is 2. The van der Waals surface area contributed by atoms with Gasteiger partial charge in [0.25, 0.3) is 0 Å². The van der Waals surface area contributed by atoms with Gasteiger partial charge in [-0.05, 0) is 24.6 Å². The van der Waals surface area contributed by atoms with E-state index < -0.39 is 0 Å². The van der Waals surface area contributed by atoms with Crippen molar-refractivity contribution in [2.24, 2.45) is 5.73 Å². The fourth-order valence-corrected chi connectivity index (χ4v) is 2.35. The highest BCUT2D eigenvalue weighted by Crippen LogP contribution is 2.27. The van der Waals surface area contributed by atoms with Crippen LogP contribution in [0.4, 0.5) is 0 Å². The normalized spacial score (nSPS) is 10.9.